The molecular weight excluding hydrogens is 268 g/mol. The van der Waals surface area contributed by atoms with Gasteiger partial charge in [-0.05, 0) is 37.1 Å². The highest BCUT2D eigenvalue weighted by molar-refractivity contribution is 5.79. The van der Waals surface area contributed by atoms with Gasteiger partial charge in [-0.25, -0.2) is 4.99 Å². The molecule has 6 nitrogen and oxygen atoms in total. The van der Waals surface area contributed by atoms with Crippen molar-refractivity contribution in [2.24, 2.45) is 16.5 Å². The molecule has 4 N–H and O–H groups in total. The van der Waals surface area contributed by atoms with Crippen LogP contribution in [0.4, 0.5) is 5.69 Å². The standard InChI is InChI=1S/C15H24N4O2/c1-11-9-13(18-15(16)17)10-12(2)14(11)21-8-5-19-3-6-20-7-4-19/h9-10H,3-8H2,1-2H3,(H4,16,17,18). The molecule has 21 heavy (non-hydrogen) atoms. The quantitative estimate of drug-likeness (QED) is 0.622. The zero-order valence-electron chi connectivity index (χ0n) is 12.8. The first-order chi connectivity index (χ1) is 10.1. The minimum atomic E-state index is 0.0646. The second kappa shape index (κ2) is 7.28. The van der Waals surface area contributed by atoms with Crippen LogP contribution in [0.1, 0.15) is 11.1 Å². The fraction of sp³-hybridized carbons (Fsp3) is 0.533. The molecule has 1 saturated heterocycles. The van der Waals surface area contributed by atoms with E-state index in [4.69, 9.17) is 20.9 Å². The summed E-state index contributed by atoms with van der Waals surface area (Å²) in [5, 5.41) is 0. The van der Waals surface area contributed by atoms with Gasteiger partial charge in [0.15, 0.2) is 5.96 Å². The van der Waals surface area contributed by atoms with Crippen molar-refractivity contribution >= 4 is 11.6 Å². The van der Waals surface area contributed by atoms with E-state index in [0.717, 1.165) is 55.4 Å². The Morgan fingerprint density at radius 1 is 1.24 bits per heavy atom. The zero-order valence-corrected chi connectivity index (χ0v) is 12.8. The highest BCUT2D eigenvalue weighted by Crippen LogP contribution is 2.28. The summed E-state index contributed by atoms with van der Waals surface area (Å²) in [6, 6.07) is 3.85. The van der Waals surface area contributed by atoms with Crippen molar-refractivity contribution < 1.29 is 9.47 Å². The van der Waals surface area contributed by atoms with Crippen LogP contribution in [-0.4, -0.2) is 50.3 Å². The van der Waals surface area contributed by atoms with Gasteiger partial charge in [-0.3, -0.25) is 4.90 Å². The normalized spacial score (nSPS) is 15.7. The minimum absolute atomic E-state index is 0.0646. The van der Waals surface area contributed by atoms with E-state index in [-0.39, 0.29) is 5.96 Å². The van der Waals surface area contributed by atoms with Crippen molar-refractivity contribution in [1.82, 2.24) is 4.90 Å². The number of benzene rings is 1. The Labute approximate surface area is 125 Å². The Morgan fingerprint density at radius 2 is 1.86 bits per heavy atom. The maximum Gasteiger partial charge on any atom is 0.191 e. The number of hydrogen-bond donors (Lipinski definition) is 2. The van der Waals surface area contributed by atoms with E-state index in [9.17, 15) is 0 Å². The molecule has 0 saturated carbocycles. The van der Waals surface area contributed by atoms with Crippen LogP contribution in [0.5, 0.6) is 5.75 Å². The van der Waals surface area contributed by atoms with Gasteiger partial charge in [0.2, 0.25) is 0 Å². The molecule has 0 bridgehead atoms. The number of rotatable bonds is 5. The molecular formula is C15H24N4O2. The van der Waals surface area contributed by atoms with Crippen molar-refractivity contribution in [1.29, 1.82) is 0 Å². The lowest BCUT2D eigenvalue weighted by molar-refractivity contribution is 0.0322. The molecule has 0 radical (unpaired) electrons. The van der Waals surface area contributed by atoms with Crippen molar-refractivity contribution in [2.75, 3.05) is 39.5 Å². The van der Waals surface area contributed by atoms with E-state index in [0.29, 0.717) is 6.61 Å². The lowest BCUT2D eigenvalue weighted by atomic mass is 10.1. The van der Waals surface area contributed by atoms with Crippen molar-refractivity contribution in [3.05, 3.63) is 23.3 Å². The SMILES string of the molecule is Cc1cc(N=C(N)N)cc(C)c1OCCN1CCOCC1. The second-order valence-electron chi connectivity index (χ2n) is 5.25. The Bertz CT molecular complexity index is 483. The molecule has 0 unspecified atom stereocenters. The molecule has 1 heterocycles. The highest BCUT2D eigenvalue weighted by Gasteiger charge is 2.11. The van der Waals surface area contributed by atoms with E-state index in [1.165, 1.54) is 0 Å². The van der Waals surface area contributed by atoms with E-state index >= 15 is 0 Å². The van der Waals surface area contributed by atoms with E-state index in [2.05, 4.69) is 9.89 Å². The fourth-order valence-electron chi connectivity index (χ4n) is 2.47. The van der Waals surface area contributed by atoms with Crippen LogP contribution < -0.4 is 16.2 Å². The molecule has 1 aliphatic heterocycles. The molecule has 0 atom stereocenters. The van der Waals surface area contributed by atoms with Crippen LogP contribution in [0.25, 0.3) is 0 Å². The van der Waals surface area contributed by atoms with Gasteiger partial charge in [0.05, 0.1) is 18.9 Å². The third-order valence-electron chi connectivity index (χ3n) is 3.46. The van der Waals surface area contributed by atoms with Crippen LogP contribution in [0.15, 0.2) is 17.1 Å². The number of morpholine rings is 1. The molecule has 0 aliphatic carbocycles. The zero-order chi connectivity index (χ0) is 15.2. The molecule has 1 aliphatic rings. The Balaban J connectivity index is 1.95. The number of aryl methyl sites for hydroxylation is 2. The fourth-order valence-corrected chi connectivity index (χ4v) is 2.47. The van der Waals surface area contributed by atoms with Gasteiger partial charge in [-0.1, -0.05) is 0 Å². The molecule has 2 rings (SSSR count). The monoisotopic (exact) mass is 292 g/mol. The van der Waals surface area contributed by atoms with Crippen molar-refractivity contribution in [3.63, 3.8) is 0 Å². The first kappa shape index (κ1) is 15.6. The first-order valence-electron chi connectivity index (χ1n) is 7.20. The number of nitrogens with zero attached hydrogens (tertiary/aromatic N) is 2. The highest BCUT2D eigenvalue weighted by atomic mass is 16.5. The van der Waals surface area contributed by atoms with Crippen molar-refractivity contribution in [2.45, 2.75) is 13.8 Å². The van der Waals surface area contributed by atoms with Crippen LogP contribution in [0.3, 0.4) is 0 Å². The maximum absolute atomic E-state index is 5.94. The molecule has 0 spiro atoms. The third-order valence-corrected chi connectivity index (χ3v) is 3.46. The molecule has 116 valence electrons. The predicted octanol–water partition coefficient (Wildman–Crippen LogP) is 0.919. The van der Waals surface area contributed by atoms with Gasteiger partial charge in [0.25, 0.3) is 0 Å². The first-order valence-corrected chi connectivity index (χ1v) is 7.20. The van der Waals surface area contributed by atoms with Crippen molar-refractivity contribution in [3.8, 4) is 5.75 Å². The van der Waals surface area contributed by atoms with Crippen LogP contribution >= 0.6 is 0 Å². The van der Waals surface area contributed by atoms with E-state index in [1.54, 1.807) is 0 Å². The van der Waals surface area contributed by atoms with Gasteiger partial charge in [0.1, 0.15) is 12.4 Å². The summed E-state index contributed by atoms with van der Waals surface area (Å²) >= 11 is 0. The lowest BCUT2D eigenvalue weighted by Crippen LogP contribution is -2.38. The summed E-state index contributed by atoms with van der Waals surface area (Å²) in [6.45, 7) is 9.17. The molecule has 1 aromatic rings. The summed E-state index contributed by atoms with van der Waals surface area (Å²) in [5.41, 5.74) is 13.6. The number of nitrogens with two attached hydrogens (primary N) is 2. The van der Waals surface area contributed by atoms with Gasteiger partial charge >= 0.3 is 0 Å². The number of hydrogen-bond acceptors (Lipinski definition) is 4. The van der Waals surface area contributed by atoms with Gasteiger partial charge in [-0.2, -0.15) is 0 Å². The smallest absolute Gasteiger partial charge is 0.191 e. The Hall–Kier alpha value is -1.79. The molecule has 1 fully saturated rings. The number of ether oxygens (including phenoxy) is 2. The Morgan fingerprint density at radius 3 is 2.43 bits per heavy atom. The average Bonchev–Trinajstić information content (AvgIpc) is 2.42. The van der Waals surface area contributed by atoms with Crippen LogP contribution in [-0.2, 0) is 4.74 Å². The van der Waals surface area contributed by atoms with E-state index < -0.39 is 0 Å². The molecule has 1 aromatic carbocycles. The topological polar surface area (TPSA) is 86.1 Å². The Kier molecular flexibility index (Phi) is 5.41. The summed E-state index contributed by atoms with van der Waals surface area (Å²) < 4.78 is 11.3. The van der Waals surface area contributed by atoms with Crippen LogP contribution in [0.2, 0.25) is 0 Å². The van der Waals surface area contributed by atoms with Crippen LogP contribution in [0, 0.1) is 13.8 Å². The van der Waals surface area contributed by atoms with Gasteiger partial charge < -0.3 is 20.9 Å². The predicted molar refractivity (Wildman–Crippen MR) is 84.1 cm³/mol. The second-order valence-corrected chi connectivity index (χ2v) is 5.25. The molecule has 0 amide bonds. The van der Waals surface area contributed by atoms with E-state index in [1.807, 2.05) is 26.0 Å². The molecule has 6 heteroatoms. The summed E-state index contributed by atoms with van der Waals surface area (Å²) in [5.74, 6) is 0.979. The van der Waals surface area contributed by atoms with Gasteiger partial charge in [0, 0.05) is 19.6 Å². The summed E-state index contributed by atoms with van der Waals surface area (Å²) in [4.78, 5) is 6.42. The lowest BCUT2D eigenvalue weighted by Gasteiger charge is -2.26. The summed E-state index contributed by atoms with van der Waals surface area (Å²) in [7, 11) is 0. The summed E-state index contributed by atoms with van der Waals surface area (Å²) in [6.07, 6.45) is 0. The average molecular weight is 292 g/mol. The van der Waals surface area contributed by atoms with Gasteiger partial charge in [-0.15, -0.1) is 0 Å². The minimum Gasteiger partial charge on any atom is -0.492 e. The third kappa shape index (κ3) is 4.61. The maximum atomic E-state index is 5.94. The largest absolute Gasteiger partial charge is 0.492 e. The number of aliphatic imine (C=N–C) groups is 1. The molecule has 0 aromatic heterocycles. The number of guanidine groups is 1.